The second-order valence-electron chi connectivity index (χ2n) is 6.36. The number of anilines is 1. The van der Waals surface area contributed by atoms with Crippen LogP contribution in [0.3, 0.4) is 0 Å². The zero-order valence-corrected chi connectivity index (χ0v) is 14.3. The molecule has 1 atom stereocenters. The largest absolute Gasteiger partial charge is 0.364 e. The van der Waals surface area contributed by atoms with Crippen LogP contribution in [0.2, 0.25) is 0 Å². The van der Waals surface area contributed by atoms with Gasteiger partial charge in [-0.3, -0.25) is 4.79 Å². The highest BCUT2D eigenvalue weighted by Crippen LogP contribution is 2.30. The van der Waals surface area contributed by atoms with E-state index in [0.717, 1.165) is 6.07 Å². The maximum atomic E-state index is 15.3. The van der Waals surface area contributed by atoms with Crippen molar-refractivity contribution in [3.05, 3.63) is 39.7 Å². The van der Waals surface area contributed by atoms with Gasteiger partial charge in [-0.15, -0.1) is 0 Å². The number of halogens is 2. The van der Waals surface area contributed by atoms with Gasteiger partial charge in [-0.05, 0) is 19.9 Å². The Hall–Kier alpha value is -2.28. The molecule has 1 aromatic heterocycles. The minimum absolute atomic E-state index is 0.0249. The average Bonchev–Trinajstić information content (AvgIpc) is 2.58. The number of nitrogens with one attached hydrogen (secondary N) is 1. The zero-order chi connectivity index (χ0) is 18.1. The van der Waals surface area contributed by atoms with Gasteiger partial charge in [-0.2, -0.15) is 0 Å². The number of benzene rings is 1. The summed E-state index contributed by atoms with van der Waals surface area (Å²) in [6.07, 6.45) is 2.03. The molecule has 1 aliphatic rings. The van der Waals surface area contributed by atoms with Crippen LogP contribution in [-0.4, -0.2) is 36.5 Å². The third-order valence-electron chi connectivity index (χ3n) is 4.63. The smallest absolute Gasteiger partial charge is 0.193 e. The van der Waals surface area contributed by atoms with Crippen molar-refractivity contribution in [2.45, 2.75) is 32.9 Å². The quantitative estimate of drug-likeness (QED) is 0.856. The van der Waals surface area contributed by atoms with Crippen molar-refractivity contribution >= 4 is 22.9 Å². The van der Waals surface area contributed by atoms with E-state index in [9.17, 15) is 14.0 Å². The Morgan fingerprint density at radius 1 is 1.40 bits per heavy atom. The highest BCUT2D eigenvalue weighted by atomic mass is 19.1. The van der Waals surface area contributed by atoms with Crippen molar-refractivity contribution in [2.75, 3.05) is 24.5 Å². The second kappa shape index (κ2) is 6.92. The lowest BCUT2D eigenvalue weighted by Crippen LogP contribution is -2.49. The molecule has 1 aliphatic heterocycles. The first-order valence-electron chi connectivity index (χ1n) is 8.43. The predicted molar refractivity (Wildman–Crippen MR) is 93.2 cm³/mol. The molecule has 0 bridgehead atoms. The summed E-state index contributed by atoms with van der Waals surface area (Å²) in [7, 11) is 0. The molecule has 2 aromatic rings. The number of hydrogen-bond acceptors (Lipinski definition) is 4. The standard InChI is InChI=1S/C18H21F2N3O2/c1-3-22-10-12(4-7-24)18(25)13-8-14(19)17(15(20)16(13)22)23-6-5-21-11(2)9-23/h7-8,10-11,21H,3-6,9H2,1-2H3. The van der Waals surface area contributed by atoms with Gasteiger partial charge < -0.3 is 19.6 Å². The molecule has 1 aromatic carbocycles. The Bertz CT molecular complexity index is 879. The Kier molecular flexibility index (Phi) is 4.85. The minimum Gasteiger partial charge on any atom is -0.364 e. The van der Waals surface area contributed by atoms with Crippen LogP contribution in [0.25, 0.3) is 10.9 Å². The van der Waals surface area contributed by atoms with E-state index < -0.39 is 17.1 Å². The monoisotopic (exact) mass is 349 g/mol. The van der Waals surface area contributed by atoms with Gasteiger partial charge in [-0.25, -0.2) is 8.78 Å². The van der Waals surface area contributed by atoms with Gasteiger partial charge in [-0.1, -0.05) is 0 Å². The molecule has 1 saturated heterocycles. The molecule has 1 N–H and O–H groups in total. The molecule has 2 heterocycles. The number of rotatable bonds is 4. The zero-order valence-electron chi connectivity index (χ0n) is 14.3. The molecular weight excluding hydrogens is 328 g/mol. The molecule has 3 rings (SSSR count). The van der Waals surface area contributed by atoms with Crippen molar-refractivity contribution in [2.24, 2.45) is 0 Å². The summed E-state index contributed by atoms with van der Waals surface area (Å²) in [4.78, 5) is 25.0. The third-order valence-corrected chi connectivity index (χ3v) is 4.63. The number of fused-ring (bicyclic) bond motifs is 1. The molecule has 5 nitrogen and oxygen atoms in total. The van der Waals surface area contributed by atoms with Gasteiger partial charge in [0.1, 0.15) is 17.8 Å². The van der Waals surface area contributed by atoms with Crippen LogP contribution in [0.15, 0.2) is 17.1 Å². The number of piperazine rings is 1. The fourth-order valence-corrected chi connectivity index (χ4v) is 3.45. The van der Waals surface area contributed by atoms with Crippen LogP contribution in [0.5, 0.6) is 0 Å². The third kappa shape index (κ3) is 3.04. The summed E-state index contributed by atoms with van der Waals surface area (Å²) in [6, 6.07) is 1.22. The molecule has 0 aliphatic carbocycles. The summed E-state index contributed by atoms with van der Waals surface area (Å²) >= 11 is 0. The molecule has 1 unspecified atom stereocenters. The molecular formula is C18H21F2N3O2. The van der Waals surface area contributed by atoms with Gasteiger partial charge in [0.25, 0.3) is 0 Å². The van der Waals surface area contributed by atoms with Gasteiger partial charge in [0, 0.05) is 50.4 Å². The molecule has 134 valence electrons. The van der Waals surface area contributed by atoms with Gasteiger partial charge >= 0.3 is 0 Å². The first kappa shape index (κ1) is 17.5. The van der Waals surface area contributed by atoms with Crippen molar-refractivity contribution in [1.29, 1.82) is 0 Å². The summed E-state index contributed by atoms with van der Waals surface area (Å²) in [5.74, 6) is -1.47. The van der Waals surface area contributed by atoms with Crippen LogP contribution >= 0.6 is 0 Å². The van der Waals surface area contributed by atoms with Gasteiger partial charge in [0.2, 0.25) is 0 Å². The SMILES string of the molecule is CCn1cc(CC=O)c(=O)c2cc(F)c(N3CCNC(C)C3)c(F)c21. The highest BCUT2D eigenvalue weighted by molar-refractivity contribution is 5.85. The highest BCUT2D eigenvalue weighted by Gasteiger charge is 2.26. The Balaban J connectivity index is 2.27. The lowest BCUT2D eigenvalue weighted by molar-refractivity contribution is -0.107. The van der Waals surface area contributed by atoms with Crippen LogP contribution in [0.1, 0.15) is 19.4 Å². The average molecular weight is 349 g/mol. The molecule has 1 fully saturated rings. The van der Waals surface area contributed by atoms with E-state index in [-0.39, 0.29) is 34.6 Å². The molecule has 25 heavy (non-hydrogen) atoms. The summed E-state index contributed by atoms with van der Waals surface area (Å²) in [6.45, 7) is 5.78. The maximum absolute atomic E-state index is 15.3. The Morgan fingerprint density at radius 2 is 2.16 bits per heavy atom. The van der Waals surface area contributed by atoms with E-state index in [1.807, 2.05) is 13.8 Å². The molecule has 0 radical (unpaired) electrons. The number of hydrogen-bond donors (Lipinski definition) is 1. The van der Waals surface area contributed by atoms with E-state index in [0.29, 0.717) is 32.5 Å². The van der Waals surface area contributed by atoms with Crippen molar-refractivity contribution in [3.63, 3.8) is 0 Å². The lowest BCUT2D eigenvalue weighted by Gasteiger charge is -2.34. The number of aldehydes is 1. The Labute approximate surface area is 144 Å². The van der Waals surface area contributed by atoms with E-state index in [1.54, 1.807) is 9.47 Å². The topological polar surface area (TPSA) is 54.3 Å². The van der Waals surface area contributed by atoms with Crippen molar-refractivity contribution in [1.82, 2.24) is 9.88 Å². The summed E-state index contributed by atoms with van der Waals surface area (Å²) in [5, 5.41) is 3.21. The predicted octanol–water partition coefficient (Wildman–Crippen LogP) is 1.84. The van der Waals surface area contributed by atoms with E-state index >= 15 is 4.39 Å². The van der Waals surface area contributed by atoms with Gasteiger partial charge in [0.15, 0.2) is 11.2 Å². The van der Waals surface area contributed by atoms with Crippen LogP contribution < -0.4 is 15.6 Å². The maximum Gasteiger partial charge on any atom is 0.193 e. The van der Waals surface area contributed by atoms with E-state index in [1.165, 1.54) is 6.20 Å². The fraction of sp³-hybridized carbons (Fsp3) is 0.444. The number of pyridine rings is 1. The minimum atomic E-state index is -0.748. The van der Waals surface area contributed by atoms with Crippen molar-refractivity contribution < 1.29 is 13.6 Å². The molecule has 0 amide bonds. The molecule has 7 heteroatoms. The fourth-order valence-electron chi connectivity index (χ4n) is 3.45. The summed E-state index contributed by atoms with van der Waals surface area (Å²) in [5.41, 5.74) is -0.258. The first-order valence-corrected chi connectivity index (χ1v) is 8.43. The number of aryl methyl sites for hydroxylation is 1. The van der Waals surface area contributed by atoms with E-state index in [2.05, 4.69) is 5.32 Å². The number of carbonyl (C=O) groups is 1. The summed E-state index contributed by atoms with van der Waals surface area (Å²) < 4.78 is 31.5. The molecule has 0 saturated carbocycles. The lowest BCUT2D eigenvalue weighted by atomic mass is 10.1. The van der Waals surface area contributed by atoms with Gasteiger partial charge in [0.05, 0.1) is 10.9 Å². The second-order valence-corrected chi connectivity index (χ2v) is 6.36. The first-order chi connectivity index (χ1) is 12.0. The number of carbonyl (C=O) groups excluding carboxylic acids is 1. The van der Waals surface area contributed by atoms with Crippen molar-refractivity contribution in [3.8, 4) is 0 Å². The van der Waals surface area contributed by atoms with Crippen LogP contribution in [0, 0.1) is 11.6 Å². The molecule has 0 spiro atoms. The number of nitrogens with zero attached hydrogens (tertiary/aromatic N) is 2. The Morgan fingerprint density at radius 3 is 2.80 bits per heavy atom. The number of aromatic nitrogens is 1. The normalized spacial score (nSPS) is 17.9. The van der Waals surface area contributed by atoms with Crippen LogP contribution in [0.4, 0.5) is 14.5 Å². The van der Waals surface area contributed by atoms with E-state index in [4.69, 9.17) is 0 Å². The van der Waals surface area contributed by atoms with Crippen LogP contribution in [-0.2, 0) is 17.8 Å².